The van der Waals surface area contributed by atoms with E-state index in [-0.39, 0.29) is 18.0 Å². The topological polar surface area (TPSA) is 116 Å². The molecule has 2 aromatic rings. The Bertz CT molecular complexity index is 859. The molecule has 0 atom stereocenters. The minimum atomic E-state index is -3.65. The normalized spacial score (nSPS) is 14.1. The van der Waals surface area contributed by atoms with Gasteiger partial charge in [-0.25, -0.2) is 13.1 Å². The predicted octanol–water partition coefficient (Wildman–Crippen LogP) is 0.562. The number of benzene rings is 1. The van der Waals surface area contributed by atoms with Crippen LogP contribution in [0.5, 0.6) is 5.75 Å². The zero-order valence-electron chi connectivity index (χ0n) is 13.6. The Morgan fingerprint density at radius 2 is 2.04 bits per heavy atom. The lowest BCUT2D eigenvalue weighted by atomic mass is 10.1. The second-order valence-corrected chi connectivity index (χ2v) is 7.61. The largest absolute Gasteiger partial charge is 0.484 e. The van der Waals surface area contributed by atoms with Gasteiger partial charge in [-0.2, -0.15) is 5.10 Å². The average Bonchev–Trinajstić information content (AvgIpc) is 3.02. The highest BCUT2D eigenvalue weighted by Gasteiger charge is 2.18. The van der Waals surface area contributed by atoms with Crippen LogP contribution >= 0.6 is 0 Å². The summed E-state index contributed by atoms with van der Waals surface area (Å²) in [5, 5.41) is 4.30. The highest BCUT2D eigenvalue weighted by Crippen LogP contribution is 2.19. The van der Waals surface area contributed by atoms with Crippen LogP contribution in [0.25, 0.3) is 0 Å². The SMILES string of the molecule is NC(=O)COc1ccc(S(=O)(=O)NCc2cnn3c2CCCC3)cc1. The summed E-state index contributed by atoms with van der Waals surface area (Å²) in [6.45, 7) is 0.837. The van der Waals surface area contributed by atoms with Gasteiger partial charge in [0.15, 0.2) is 6.61 Å². The molecule has 25 heavy (non-hydrogen) atoms. The number of primary amides is 1. The van der Waals surface area contributed by atoms with Crippen molar-refractivity contribution in [2.45, 2.75) is 37.2 Å². The van der Waals surface area contributed by atoms with E-state index in [4.69, 9.17) is 10.5 Å². The van der Waals surface area contributed by atoms with Crippen molar-refractivity contribution in [2.24, 2.45) is 5.73 Å². The van der Waals surface area contributed by atoms with Crippen LogP contribution in [-0.4, -0.2) is 30.7 Å². The van der Waals surface area contributed by atoms with E-state index in [1.165, 1.54) is 24.3 Å². The van der Waals surface area contributed by atoms with E-state index in [1.807, 2.05) is 4.68 Å². The van der Waals surface area contributed by atoms with Crippen LogP contribution in [0.2, 0.25) is 0 Å². The summed E-state index contributed by atoms with van der Waals surface area (Å²) in [6.07, 6.45) is 4.84. The molecule has 0 spiro atoms. The first kappa shape index (κ1) is 17.4. The van der Waals surface area contributed by atoms with Crippen molar-refractivity contribution < 1.29 is 17.9 Å². The molecule has 1 amide bonds. The number of hydrogen-bond acceptors (Lipinski definition) is 5. The van der Waals surface area contributed by atoms with Gasteiger partial charge in [0.1, 0.15) is 5.75 Å². The molecule has 1 aromatic heterocycles. The molecular formula is C16H20N4O4S. The molecule has 134 valence electrons. The number of nitrogens with two attached hydrogens (primary N) is 1. The molecule has 0 fully saturated rings. The predicted molar refractivity (Wildman–Crippen MR) is 90.3 cm³/mol. The van der Waals surface area contributed by atoms with E-state index < -0.39 is 15.9 Å². The van der Waals surface area contributed by atoms with E-state index in [2.05, 4.69) is 9.82 Å². The number of aryl methyl sites for hydroxylation is 1. The monoisotopic (exact) mass is 364 g/mol. The minimum Gasteiger partial charge on any atom is -0.484 e. The van der Waals surface area contributed by atoms with Crippen LogP contribution in [0.3, 0.4) is 0 Å². The van der Waals surface area contributed by atoms with Crippen molar-refractivity contribution in [1.82, 2.24) is 14.5 Å². The third-order valence-electron chi connectivity index (χ3n) is 4.04. The second kappa shape index (κ2) is 7.24. The number of nitrogens with zero attached hydrogens (tertiary/aromatic N) is 2. The fourth-order valence-corrected chi connectivity index (χ4v) is 3.77. The number of ether oxygens (including phenoxy) is 1. The van der Waals surface area contributed by atoms with E-state index in [1.54, 1.807) is 6.20 Å². The van der Waals surface area contributed by atoms with Gasteiger partial charge < -0.3 is 10.5 Å². The maximum Gasteiger partial charge on any atom is 0.255 e. The van der Waals surface area contributed by atoms with Gasteiger partial charge in [-0.3, -0.25) is 9.48 Å². The molecule has 1 aromatic carbocycles. The molecule has 2 heterocycles. The summed E-state index contributed by atoms with van der Waals surface area (Å²) in [5.74, 6) is -0.216. The van der Waals surface area contributed by atoms with Gasteiger partial charge >= 0.3 is 0 Å². The number of carbonyl (C=O) groups excluding carboxylic acids is 1. The Morgan fingerprint density at radius 1 is 1.28 bits per heavy atom. The van der Waals surface area contributed by atoms with Crippen LogP contribution in [0.4, 0.5) is 0 Å². The number of sulfonamides is 1. The van der Waals surface area contributed by atoms with Gasteiger partial charge in [-0.1, -0.05) is 0 Å². The van der Waals surface area contributed by atoms with Gasteiger partial charge in [0, 0.05) is 24.3 Å². The van der Waals surface area contributed by atoms with Crippen LogP contribution in [0.1, 0.15) is 24.1 Å². The lowest BCUT2D eigenvalue weighted by Gasteiger charge is -2.15. The average molecular weight is 364 g/mol. The Kier molecular flexibility index (Phi) is 5.05. The molecule has 8 nitrogen and oxygen atoms in total. The number of carbonyl (C=O) groups is 1. The summed E-state index contributed by atoms with van der Waals surface area (Å²) >= 11 is 0. The van der Waals surface area contributed by atoms with Gasteiger partial charge in [0.2, 0.25) is 10.0 Å². The van der Waals surface area contributed by atoms with Crippen molar-refractivity contribution >= 4 is 15.9 Å². The zero-order valence-corrected chi connectivity index (χ0v) is 14.5. The summed E-state index contributed by atoms with van der Waals surface area (Å²) in [7, 11) is -3.65. The van der Waals surface area contributed by atoms with Crippen LogP contribution in [0, 0.1) is 0 Å². The van der Waals surface area contributed by atoms with Gasteiger partial charge in [-0.15, -0.1) is 0 Å². The number of nitrogens with one attached hydrogen (secondary N) is 1. The van der Waals surface area contributed by atoms with E-state index in [0.717, 1.165) is 37.1 Å². The molecule has 0 radical (unpaired) electrons. The highest BCUT2D eigenvalue weighted by molar-refractivity contribution is 7.89. The molecule has 0 aliphatic carbocycles. The summed E-state index contributed by atoms with van der Waals surface area (Å²) < 4.78 is 34.5. The van der Waals surface area contributed by atoms with Crippen LogP contribution < -0.4 is 15.2 Å². The first-order valence-corrected chi connectivity index (χ1v) is 9.48. The molecule has 9 heteroatoms. The Hall–Kier alpha value is -2.39. The molecule has 1 aliphatic rings. The zero-order chi connectivity index (χ0) is 17.9. The van der Waals surface area contributed by atoms with Crippen molar-refractivity contribution in [3.05, 3.63) is 41.7 Å². The lowest BCUT2D eigenvalue weighted by molar-refractivity contribution is -0.119. The Labute approximate surface area is 146 Å². The first-order chi connectivity index (χ1) is 12.0. The fraction of sp³-hybridized carbons (Fsp3) is 0.375. The fourth-order valence-electron chi connectivity index (χ4n) is 2.76. The molecule has 3 N–H and O–H groups in total. The Balaban J connectivity index is 1.65. The van der Waals surface area contributed by atoms with Crippen molar-refractivity contribution in [3.63, 3.8) is 0 Å². The maximum absolute atomic E-state index is 12.4. The maximum atomic E-state index is 12.4. The van der Waals surface area contributed by atoms with E-state index >= 15 is 0 Å². The summed E-state index contributed by atoms with van der Waals surface area (Å²) in [5.41, 5.74) is 7.01. The van der Waals surface area contributed by atoms with Crippen molar-refractivity contribution in [1.29, 1.82) is 0 Å². The number of fused-ring (bicyclic) bond motifs is 1. The van der Waals surface area contributed by atoms with Crippen molar-refractivity contribution in [3.8, 4) is 5.75 Å². The smallest absolute Gasteiger partial charge is 0.255 e. The standard InChI is InChI=1S/C16H20N4O4S/c17-16(21)11-24-13-4-6-14(7-5-13)25(22,23)19-10-12-9-18-20-8-2-1-3-15(12)20/h4-7,9,19H,1-3,8,10-11H2,(H2,17,21). The van der Waals surface area contributed by atoms with Crippen molar-refractivity contribution in [2.75, 3.05) is 6.61 Å². The number of aromatic nitrogens is 2. The number of hydrogen-bond donors (Lipinski definition) is 2. The quantitative estimate of drug-likeness (QED) is 0.745. The van der Waals surface area contributed by atoms with Gasteiger partial charge in [0.25, 0.3) is 5.91 Å². The molecule has 1 aliphatic heterocycles. The molecule has 0 saturated carbocycles. The first-order valence-electron chi connectivity index (χ1n) is 8.00. The van der Waals surface area contributed by atoms with E-state index in [0.29, 0.717) is 5.75 Å². The summed E-state index contributed by atoms with van der Waals surface area (Å²) in [6, 6.07) is 5.82. The van der Waals surface area contributed by atoms with Gasteiger partial charge in [0.05, 0.1) is 11.1 Å². The Morgan fingerprint density at radius 3 is 2.76 bits per heavy atom. The number of amides is 1. The van der Waals surface area contributed by atoms with E-state index in [9.17, 15) is 13.2 Å². The molecular weight excluding hydrogens is 344 g/mol. The van der Waals surface area contributed by atoms with Crippen LogP contribution in [-0.2, 0) is 34.3 Å². The third-order valence-corrected chi connectivity index (χ3v) is 5.45. The molecule has 0 saturated heterocycles. The second-order valence-electron chi connectivity index (χ2n) is 5.85. The van der Waals surface area contributed by atoms with Crippen LogP contribution in [0.15, 0.2) is 35.4 Å². The molecule has 3 rings (SSSR count). The third kappa shape index (κ3) is 4.18. The van der Waals surface area contributed by atoms with Gasteiger partial charge in [-0.05, 0) is 43.5 Å². The lowest BCUT2D eigenvalue weighted by Crippen LogP contribution is -2.24. The molecule has 0 bridgehead atoms. The summed E-state index contributed by atoms with van der Waals surface area (Å²) in [4.78, 5) is 10.8. The minimum absolute atomic E-state index is 0.125. The molecule has 0 unspecified atom stereocenters. The number of rotatable bonds is 7. The highest BCUT2D eigenvalue weighted by atomic mass is 32.2.